The Morgan fingerprint density at radius 2 is 1.48 bits per heavy atom. The maximum atomic E-state index is 13.3. The van der Waals surface area contributed by atoms with Gasteiger partial charge in [0, 0.05) is 18.1 Å². The van der Waals surface area contributed by atoms with Crippen LogP contribution in [0.2, 0.25) is 5.02 Å². The molecule has 0 radical (unpaired) electrons. The molecule has 0 bridgehead atoms. The van der Waals surface area contributed by atoms with E-state index in [4.69, 9.17) is 11.6 Å². The standard InChI is InChI=1S/C20H17ClFN3O2/c21-13-4-2-12(3-5-13)17-16-18(24-11-1-10-23(17)24)20(27)25(19(16)26)15-8-6-14(22)7-9-15/h2-9,16-18H,1,10-11H2/t16-,17+,18+/m0/s1. The topological polar surface area (TPSA) is 43.9 Å². The first-order chi connectivity index (χ1) is 13.1. The molecule has 3 aliphatic heterocycles. The van der Waals surface area contributed by atoms with Crippen LogP contribution in [0, 0.1) is 11.7 Å². The highest BCUT2D eigenvalue weighted by atomic mass is 35.5. The minimum atomic E-state index is -0.509. The lowest BCUT2D eigenvalue weighted by Gasteiger charge is -2.29. The molecule has 2 aromatic carbocycles. The molecule has 3 aliphatic rings. The quantitative estimate of drug-likeness (QED) is 0.745. The number of anilines is 1. The van der Waals surface area contributed by atoms with Gasteiger partial charge in [-0.05, 0) is 48.4 Å². The lowest BCUT2D eigenvalue weighted by Crippen LogP contribution is -2.44. The van der Waals surface area contributed by atoms with Crippen LogP contribution in [0.5, 0.6) is 0 Å². The lowest BCUT2D eigenvalue weighted by atomic mass is 9.90. The molecule has 3 fully saturated rings. The Bertz CT molecular complexity index is 918. The van der Waals surface area contributed by atoms with Crippen molar-refractivity contribution in [2.24, 2.45) is 5.92 Å². The second-order valence-corrected chi connectivity index (χ2v) is 7.57. The maximum Gasteiger partial charge on any atom is 0.253 e. The molecule has 0 unspecified atom stereocenters. The van der Waals surface area contributed by atoms with Gasteiger partial charge in [0.2, 0.25) is 5.91 Å². The number of imide groups is 1. The molecule has 3 atom stereocenters. The van der Waals surface area contributed by atoms with Gasteiger partial charge in [-0.1, -0.05) is 23.7 Å². The van der Waals surface area contributed by atoms with Crippen molar-refractivity contribution in [3.63, 3.8) is 0 Å². The zero-order chi connectivity index (χ0) is 18.7. The summed E-state index contributed by atoms with van der Waals surface area (Å²) in [6.07, 6.45) is 0.950. The van der Waals surface area contributed by atoms with Gasteiger partial charge in [0.05, 0.1) is 17.6 Å². The zero-order valence-corrected chi connectivity index (χ0v) is 15.1. The van der Waals surface area contributed by atoms with Gasteiger partial charge >= 0.3 is 0 Å². The number of halogens is 2. The van der Waals surface area contributed by atoms with E-state index in [2.05, 4.69) is 5.01 Å². The number of hydrogen-bond donors (Lipinski definition) is 0. The first kappa shape index (κ1) is 16.9. The molecule has 0 spiro atoms. The van der Waals surface area contributed by atoms with E-state index in [-0.39, 0.29) is 17.9 Å². The molecule has 3 heterocycles. The molecule has 0 N–H and O–H groups in total. The molecule has 138 valence electrons. The second kappa shape index (κ2) is 6.12. The molecule has 0 aromatic heterocycles. The van der Waals surface area contributed by atoms with Crippen molar-refractivity contribution in [1.29, 1.82) is 0 Å². The summed E-state index contributed by atoms with van der Waals surface area (Å²) >= 11 is 6.02. The summed E-state index contributed by atoms with van der Waals surface area (Å²) in [5, 5.41) is 4.82. The van der Waals surface area contributed by atoms with Gasteiger partial charge in [0.1, 0.15) is 11.9 Å². The summed E-state index contributed by atoms with van der Waals surface area (Å²) in [6, 6.07) is 12.2. The van der Waals surface area contributed by atoms with Crippen LogP contribution < -0.4 is 4.90 Å². The predicted octanol–water partition coefficient (Wildman–Crippen LogP) is 3.01. The minimum Gasteiger partial charge on any atom is -0.274 e. The first-order valence-electron chi connectivity index (χ1n) is 8.98. The largest absolute Gasteiger partial charge is 0.274 e. The summed E-state index contributed by atoms with van der Waals surface area (Å²) in [5.41, 5.74) is 1.39. The van der Waals surface area contributed by atoms with E-state index in [9.17, 15) is 14.0 Å². The molecule has 3 saturated heterocycles. The number of hydrogen-bond acceptors (Lipinski definition) is 4. The summed E-state index contributed by atoms with van der Waals surface area (Å²) < 4.78 is 13.3. The fraction of sp³-hybridized carbons (Fsp3) is 0.300. The van der Waals surface area contributed by atoms with Gasteiger partial charge in [-0.15, -0.1) is 0 Å². The van der Waals surface area contributed by atoms with Gasteiger partial charge < -0.3 is 0 Å². The fourth-order valence-corrected chi connectivity index (χ4v) is 4.74. The highest BCUT2D eigenvalue weighted by Crippen LogP contribution is 2.48. The number of nitrogens with zero attached hydrogens (tertiary/aromatic N) is 3. The van der Waals surface area contributed by atoms with Crippen LogP contribution in [-0.4, -0.2) is 41.0 Å². The average molecular weight is 386 g/mol. The van der Waals surface area contributed by atoms with Crippen molar-refractivity contribution in [3.8, 4) is 0 Å². The van der Waals surface area contributed by atoms with Crippen LogP contribution in [-0.2, 0) is 9.59 Å². The molecular formula is C20H17ClFN3O2. The van der Waals surface area contributed by atoms with Crippen LogP contribution in [0.1, 0.15) is 18.0 Å². The summed E-state index contributed by atoms with van der Waals surface area (Å²) in [4.78, 5) is 27.7. The van der Waals surface area contributed by atoms with Gasteiger partial charge in [-0.3, -0.25) is 9.59 Å². The summed E-state index contributed by atoms with van der Waals surface area (Å²) in [5.74, 6) is -1.35. The van der Waals surface area contributed by atoms with Gasteiger partial charge in [0.15, 0.2) is 0 Å². The Morgan fingerprint density at radius 3 is 2.15 bits per heavy atom. The predicted molar refractivity (Wildman–Crippen MR) is 98.4 cm³/mol. The van der Waals surface area contributed by atoms with Crippen molar-refractivity contribution in [2.45, 2.75) is 18.5 Å². The molecule has 0 aliphatic carbocycles. The number of fused-ring (bicyclic) bond motifs is 3. The van der Waals surface area contributed by atoms with Crippen molar-refractivity contribution in [2.75, 3.05) is 18.0 Å². The molecule has 2 aromatic rings. The third-order valence-electron chi connectivity index (χ3n) is 5.70. The van der Waals surface area contributed by atoms with E-state index < -0.39 is 17.8 Å². The Morgan fingerprint density at radius 1 is 0.852 bits per heavy atom. The number of hydrazine groups is 1. The molecule has 0 saturated carbocycles. The maximum absolute atomic E-state index is 13.3. The monoisotopic (exact) mass is 385 g/mol. The van der Waals surface area contributed by atoms with Crippen LogP contribution in [0.3, 0.4) is 0 Å². The number of carbonyl (C=O) groups excluding carboxylic acids is 2. The van der Waals surface area contributed by atoms with E-state index in [0.717, 1.165) is 25.1 Å². The Kier molecular flexibility index (Phi) is 3.82. The van der Waals surface area contributed by atoms with E-state index in [0.29, 0.717) is 10.7 Å². The highest BCUT2D eigenvalue weighted by Gasteiger charge is 2.62. The summed E-state index contributed by atoms with van der Waals surface area (Å²) in [6.45, 7) is 1.57. The zero-order valence-electron chi connectivity index (χ0n) is 14.4. The van der Waals surface area contributed by atoms with Crippen molar-refractivity contribution in [1.82, 2.24) is 10.0 Å². The van der Waals surface area contributed by atoms with E-state index in [1.807, 2.05) is 29.3 Å². The highest BCUT2D eigenvalue weighted by molar-refractivity contribution is 6.30. The lowest BCUT2D eigenvalue weighted by molar-refractivity contribution is -0.126. The van der Waals surface area contributed by atoms with Crippen LogP contribution in [0.4, 0.5) is 10.1 Å². The van der Waals surface area contributed by atoms with Crippen LogP contribution in [0.15, 0.2) is 48.5 Å². The molecule has 2 amide bonds. The van der Waals surface area contributed by atoms with Crippen molar-refractivity contribution in [3.05, 3.63) is 64.9 Å². The van der Waals surface area contributed by atoms with E-state index >= 15 is 0 Å². The number of rotatable bonds is 2. The van der Waals surface area contributed by atoms with Gasteiger partial charge in [-0.2, -0.15) is 0 Å². The second-order valence-electron chi connectivity index (χ2n) is 7.14. The Balaban J connectivity index is 1.57. The van der Waals surface area contributed by atoms with E-state index in [1.54, 1.807) is 0 Å². The van der Waals surface area contributed by atoms with Gasteiger partial charge in [0.25, 0.3) is 5.91 Å². The normalized spacial score (nSPS) is 28.1. The van der Waals surface area contributed by atoms with Crippen LogP contribution in [0.25, 0.3) is 0 Å². The Hall–Kier alpha value is -2.28. The summed E-state index contributed by atoms with van der Waals surface area (Å²) in [7, 11) is 0. The minimum absolute atomic E-state index is 0.198. The Labute approximate surface area is 160 Å². The molecule has 27 heavy (non-hydrogen) atoms. The van der Waals surface area contributed by atoms with Crippen molar-refractivity contribution < 1.29 is 14.0 Å². The first-order valence-corrected chi connectivity index (χ1v) is 9.36. The SMILES string of the molecule is O=C1[C@H]2[C@@H](c3ccc(Cl)cc3)N3CCCN3[C@H]2C(=O)N1c1ccc(F)cc1. The average Bonchev–Trinajstić information content (AvgIpc) is 3.30. The van der Waals surface area contributed by atoms with Gasteiger partial charge in [-0.25, -0.2) is 19.3 Å². The fourth-order valence-electron chi connectivity index (χ4n) is 4.62. The van der Waals surface area contributed by atoms with Crippen molar-refractivity contribution >= 4 is 29.1 Å². The molecule has 7 heteroatoms. The third kappa shape index (κ3) is 2.44. The smallest absolute Gasteiger partial charge is 0.253 e. The number of carbonyl (C=O) groups is 2. The number of amides is 2. The molecule has 5 rings (SSSR count). The van der Waals surface area contributed by atoms with Crippen LogP contribution >= 0.6 is 11.6 Å². The molecular weight excluding hydrogens is 369 g/mol. The number of benzene rings is 2. The molecule has 5 nitrogen and oxygen atoms in total. The third-order valence-corrected chi connectivity index (χ3v) is 5.95. The van der Waals surface area contributed by atoms with E-state index in [1.165, 1.54) is 29.2 Å².